The van der Waals surface area contributed by atoms with Crippen molar-refractivity contribution in [1.29, 1.82) is 0 Å². The highest BCUT2D eigenvalue weighted by Crippen LogP contribution is 2.14. The van der Waals surface area contributed by atoms with Crippen LogP contribution in [0.15, 0.2) is 41.3 Å². The minimum atomic E-state index is -0.0755. The molecule has 0 amide bonds. The molecule has 0 aliphatic heterocycles. The summed E-state index contributed by atoms with van der Waals surface area (Å²) >= 11 is 0. The monoisotopic (exact) mass is 268 g/mol. The number of aromatic amines is 1. The van der Waals surface area contributed by atoms with E-state index in [9.17, 15) is 4.79 Å². The lowest BCUT2D eigenvalue weighted by atomic mass is 10.2. The maximum Gasteiger partial charge on any atom is 0.257 e. The minimum absolute atomic E-state index is 0.0755. The number of benzene rings is 1. The molecule has 102 valence electrons. The summed E-state index contributed by atoms with van der Waals surface area (Å²) in [5.74, 6) is 0.719. The van der Waals surface area contributed by atoms with Crippen LogP contribution in [0.25, 0.3) is 10.8 Å². The second-order valence-electron chi connectivity index (χ2n) is 4.87. The van der Waals surface area contributed by atoms with Crippen LogP contribution < -0.4 is 10.9 Å². The molecule has 0 saturated carbocycles. The van der Waals surface area contributed by atoms with Crippen LogP contribution in [0, 0.1) is 6.92 Å². The fraction of sp³-hybridized carbons (Fsp3) is 0.200. The molecule has 5 nitrogen and oxygen atoms in total. The van der Waals surface area contributed by atoms with Gasteiger partial charge in [0.2, 0.25) is 0 Å². The van der Waals surface area contributed by atoms with Crippen LogP contribution in [0.3, 0.4) is 0 Å². The van der Waals surface area contributed by atoms with Crippen molar-refractivity contribution in [3.8, 4) is 0 Å². The summed E-state index contributed by atoms with van der Waals surface area (Å²) in [6, 6.07) is 9.50. The predicted molar refractivity (Wildman–Crippen MR) is 79.8 cm³/mol. The summed E-state index contributed by atoms with van der Waals surface area (Å²) in [4.78, 5) is 14.8. The number of fused-ring (bicyclic) bond motifs is 1. The zero-order valence-corrected chi connectivity index (χ0v) is 11.5. The quantitative estimate of drug-likeness (QED) is 0.765. The molecule has 0 atom stereocenters. The van der Waals surface area contributed by atoms with Gasteiger partial charge in [-0.15, -0.1) is 0 Å². The van der Waals surface area contributed by atoms with Gasteiger partial charge >= 0.3 is 0 Å². The lowest BCUT2D eigenvalue weighted by Gasteiger charge is -2.06. The topological polar surface area (TPSA) is 62.7 Å². The normalized spacial score (nSPS) is 10.9. The van der Waals surface area contributed by atoms with Crippen molar-refractivity contribution in [2.75, 3.05) is 5.32 Å². The van der Waals surface area contributed by atoms with E-state index in [1.807, 2.05) is 50.5 Å². The largest absolute Gasteiger partial charge is 0.367 e. The Morgan fingerprint density at radius 3 is 2.90 bits per heavy atom. The third kappa shape index (κ3) is 2.30. The third-order valence-corrected chi connectivity index (χ3v) is 3.34. The van der Waals surface area contributed by atoms with Gasteiger partial charge in [-0.2, -0.15) is 5.10 Å². The molecule has 0 aliphatic rings. The van der Waals surface area contributed by atoms with E-state index >= 15 is 0 Å². The van der Waals surface area contributed by atoms with E-state index in [1.165, 1.54) is 0 Å². The lowest BCUT2D eigenvalue weighted by molar-refractivity contribution is 0.756. The number of nitrogens with zero attached hydrogens (tertiary/aromatic N) is 2. The summed E-state index contributed by atoms with van der Waals surface area (Å²) in [6.45, 7) is 2.61. The molecule has 0 spiro atoms. The number of rotatable bonds is 3. The van der Waals surface area contributed by atoms with Crippen molar-refractivity contribution < 1.29 is 0 Å². The van der Waals surface area contributed by atoms with Crippen molar-refractivity contribution in [3.63, 3.8) is 0 Å². The second kappa shape index (κ2) is 4.85. The number of aryl methyl sites for hydroxylation is 2. The van der Waals surface area contributed by atoms with Gasteiger partial charge in [0.1, 0.15) is 5.82 Å². The Morgan fingerprint density at radius 1 is 1.35 bits per heavy atom. The first-order valence-corrected chi connectivity index (χ1v) is 6.48. The summed E-state index contributed by atoms with van der Waals surface area (Å²) in [5.41, 5.74) is 2.03. The number of hydrogen-bond acceptors (Lipinski definition) is 3. The van der Waals surface area contributed by atoms with Gasteiger partial charge in [-0.05, 0) is 24.4 Å². The van der Waals surface area contributed by atoms with Crippen molar-refractivity contribution in [1.82, 2.24) is 14.8 Å². The van der Waals surface area contributed by atoms with Gasteiger partial charge < -0.3 is 10.3 Å². The van der Waals surface area contributed by atoms with Crippen LogP contribution >= 0.6 is 0 Å². The van der Waals surface area contributed by atoms with Gasteiger partial charge in [0.05, 0.1) is 5.69 Å². The van der Waals surface area contributed by atoms with E-state index in [0.29, 0.717) is 11.9 Å². The van der Waals surface area contributed by atoms with Crippen molar-refractivity contribution >= 4 is 16.6 Å². The smallest absolute Gasteiger partial charge is 0.257 e. The standard InChI is InChI=1S/C15H16N4O/c1-10-12(9-19(2)18-10)8-16-14-7-11-5-3-4-6-13(11)15(20)17-14/h3-7,9H,8H2,1-2H3,(H2,16,17,20). The third-order valence-electron chi connectivity index (χ3n) is 3.34. The van der Waals surface area contributed by atoms with Crippen LogP contribution in [0.5, 0.6) is 0 Å². The number of anilines is 1. The molecule has 0 aliphatic carbocycles. The Hall–Kier alpha value is -2.56. The number of hydrogen-bond donors (Lipinski definition) is 2. The molecule has 1 aromatic carbocycles. The van der Waals surface area contributed by atoms with E-state index in [0.717, 1.165) is 22.5 Å². The molecule has 0 bridgehead atoms. The predicted octanol–water partition coefficient (Wildman–Crippen LogP) is 2.18. The molecule has 3 aromatic rings. The minimum Gasteiger partial charge on any atom is -0.367 e. The SMILES string of the molecule is Cc1nn(C)cc1CNc1cc2ccccc2c(=O)[nH]1. The Bertz CT molecular complexity index is 816. The van der Waals surface area contributed by atoms with Crippen molar-refractivity contribution in [3.05, 3.63) is 58.1 Å². The van der Waals surface area contributed by atoms with Crippen LogP contribution in [0.2, 0.25) is 0 Å². The number of pyridine rings is 1. The summed E-state index contributed by atoms with van der Waals surface area (Å²) in [7, 11) is 1.90. The van der Waals surface area contributed by atoms with Gasteiger partial charge in [-0.3, -0.25) is 9.48 Å². The molecule has 2 N–H and O–H groups in total. The van der Waals surface area contributed by atoms with E-state index in [2.05, 4.69) is 15.4 Å². The lowest BCUT2D eigenvalue weighted by Crippen LogP contribution is -2.11. The fourth-order valence-corrected chi connectivity index (χ4v) is 2.32. The van der Waals surface area contributed by atoms with Gasteiger partial charge in [0, 0.05) is 30.7 Å². The molecule has 3 rings (SSSR count). The molecule has 20 heavy (non-hydrogen) atoms. The maximum absolute atomic E-state index is 12.0. The van der Waals surface area contributed by atoms with E-state index in [-0.39, 0.29) is 5.56 Å². The zero-order valence-electron chi connectivity index (χ0n) is 11.5. The average Bonchev–Trinajstić information content (AvgIpc) is 2.75. The molecule has 5 heteroatoms. The molecular formula is C15H16N4O. The number of nitrogens with one attached hydrogen (secondary N) is 2. The highest BCUT2D eigenvalue weighted by molar-refractivity contribution is 5.83. The second-order valence-corrected chi connectivity index (χ2v) is 4.87. The van der Waals surface area contributed by atoms with Gasteiger partial charge in [0.15, 0.2) is 0 Å². The van der Waals surface area contributed by atoms with Crippen molar-refractivity contribution in [2.24, 2.45) is 7.05 Å². The molecular weight excluding hydrogens is 252 g/mol. The van der Waals surface area contributed by atoms with Crippen LogP contribution in [0.4, 0.5) is 5.82 Å². The summed E-state index contributed by atoms with van der Waals surface area (Å²) < 4.78 is 1.79. The van der Waals surface area contributed by atoms with E-state index < -0.39 is 0 Å². The van der Waals surface area contributed by atoms with Gasteiger partial charge in [-0.25, -0.2) is 0 Å². The summed E-state index contributed by atoms with van der Waals surface area (Å²) in [5, 5.41) is 9.17. The molecule has 0 fully saturated rings. The first kappa shape index (κ1) is 12.5. The van der Waals surface area contributed by atoms with Crippen LogP contribution in [-0.2, 0) is 13.6 Å². The molecule has 0 radical (unpaired) electrons. The van der Waals surface area contributed by atoms with E-state index in [1.54, 1.807) is 4.68 Å². The Balaban J connectivity index is 1.88. The Morgan fingerprint density at radius 2 is 2.15 bits per heavy atom. The first-order chi connectivity index (χ1) is 9.63. The highest BCUT2D eigenvalue weighted by atomic mass is 16.1. The Kier molecular flexibility index (Phi) is 3.02. The van der Waals surface area contributed by atoms with E-state index in [4.69, 9.17) is 0 Å². The van der Waals surface area contributed by atoms with Gasteiger partial charge in [-0.1, -0.05) is 18.2 Å². The highest BCUT2D eigenvalue weighted by Gasteiger charge is 2.04. The number of aromatic nitrogens is 3. The fourth-order valence-electron chi connectivity index (χ4n) is 2.32. The molecule has 2 aromatic heterocycles. The summed E-state index contributed by atoms with van der Waals surface area (Å²) in [6.07, 6.45) is 1.97. The first-order valence-electron chi connectivity index (χ1n) is 6.48. The average molecular weight is 268 g/mol. The zero-order chi connectivity index (χ0) is 14.1. The molecule has 0 saturated heterocycles. The van der Waals surface area contributed by atoms with Crippen molar-refractivity contribution in [2.45, 2.75) is 13.5 Å². The Labute approximate surface area is 116 Å². The van der Waals surface area contributed by atoms with Crippen LogP contribution in [0.1, 0.15) is 11.3 Å². The van der Waals surface area contributed by atoms with Gasteiger partial charge in [0.25, 0.3) is 5.56 Å². The maximum atomic E-state index is 12.0. The van der Waals surface area contributed by atoms with Crippen LogP contribution in [-0.4, -0.2) is 14.8 Å². The number of H-pyrrole nitrogens is 1. The molecule has 0 unspecified atom stereocenters. The molecule has 2 heterocycles.